The van der Waals surface area contributed by atoms with E-state index in [1.54, 1.807) is 4.90 Å². The molecular formula is C9H7Cl2NO. The molecule has 2 nitrogen and oxygen atoms in total. The van der Waals surface area contributed by atoms with E-state index in [-0.39, 0.29) is 0 Å². The lowest BCUT2D eigenvalue weighted by Crippen LogP contribution is -2.18. The minimum Gasteiger partial charge on any atom is -0.321 e. The van der Waals surface area contributed by atoms with Gasteiger partial charge >= 0.3 is 5.37 Å². The maximum atomic E-state index is 10.9. The first-order chi connectivity index (χ1) is 6.16. The number of hydrogen-bond acceptors (Lipinski definition) is 1. The zero-order chi connectivity index (χ0) is 9.42. The molecule has 0 fully saturated rings. The fourth-order valence-electron chi connectivity index (χ4n) is 1.49. The Morgan fingerprint density at radius 3 is 2.69 bits per heavy atom. The van der Waals surface area contributed by atoms with E-state index in [1.165, 1.54) is 0 Å². The maximum absolute atomic E-state index is 10.9. The van der Waals surface area contributed by atoms with Crippen molar-refractivity contribution < 1.29 is 4.79 Å². The van der Waals surface area contributed by atoms with E-state index in [1.807, 2.05) is 18.2 Å². The molecule has 13 heavy (non-hydrogen) atoms. The van der Waals surface area contributed by atoms with Crippen molar-refractivity contribution in [3.63, 3.8) is 0 Å². The van der Waals surface area contributed by atoms with Gasteiger partial charge in [0.25, 0.3) is 0 Å². The van der Waals surface area contributed by atoms with Gasteiger partial charge in [-0.05, 0) is 34.9 Å². The average molecular weight is 216 g/mol. The molecule has 0 N–H and O–H groups in total. The summed E-state index contributed by atoms with van der Waals surface area (Å²) >= 11 is 11.2. The van der Waals surface area contributed by atoms with Crippen molar-refractivity contribution in [2.24, 2.45) is 0 Å². The molecular weight excluding hydrogens is 209 g/mol. The first-order valence-corrected chi connectivity index (χ1v) is 4.64. The molecule has 0 aliphatic carbocycles. The maximum Gasteiger partial charge on any atom is 0.316 e. The molecule has 0 saturated carbocycles. The van der Waals surface area contributed by atoms with Gasteiger partial charge in [-0.2, -0.15) is 0 Å². The molecule has 1 amide bonds. The first kappa shape index (κ1) is 8.85. The number of halogens is 2. The van der Waals surface area contributed by atoms with E-state index in [2.05, 4.69) is 0 Å². The highest BCUT2D eigenvalue weighted by atomic mass is 35.5. The second-order valence-corrected chi connectivity index (χ2v) is 3.78. The van der Waals surface area contributed by atoms with E-state index < -0.39 is 5.37 Å². The largest absolute Gasteiger partial charge is 0.321 e. The summed E-state index contributed by atoms with van der Waals surface area (Å²) in [7, 11) is 0. The zero-order valence-electron chi connectivity index (χ0n) is 6.76. The van der Waals surface area contributed by atoms with E-state index >= 15 is 0 Å². The number of rotatable bonds is 0. The monoisotopic (exact) mass is 215 g/mol. The van der Waals surface area contributed by atoms with Crippen LogP contribution in [0, 0.1) is 0 Å². The Balaban J connectivity index is 2.30. The van der Waals surface area contributed by atoms with Crippen LogP contribution in [0.2, 0.25) is 5.02 Å². The smallest absolute Gasteiger partial charge is 0.316 e. The number of hydrogen-bond donors (Lipinski definition) is 0. The molecule has 1 aliphatic heterocycles. The van der Waals surface area contributed by atoms with Gasteiger partial charge in [-0.1, -0.05) is 17.7 Å². The van der Waals surface area contributed by atoms with Gasteiger partial charge in [0.1, 0.15) is 0 Å². The van der Waals surface area contributed by atoms with Crippen LogP contribution in [0.25, 0.3) is 0 Å². The minimum absolute atomic E-state index is 0.410. The van der Waals surface area contributed by atoms with Crippen LogP contribution in [0.15, 0.2) is 18.2 Å². The number of fused-ring (bicyclic) bond motifs is 1. The first-order valence-electron chi connectivity index (χ1n) is 3.88. The quantitative estimate of drug-likeness (QED) is 0.482. The Kier molecular flexibility index (Phi) is 2.18. The Morgan fingerprint density at radius 1 is 1.31 bits per heavy atom. The summed E-state index contributed by atoms with van der Waals surface area (Å²) in [5, 5.41) is 0.287. The number of amides is 1. The summed E-state index contributed by atoms with van der Waals surface area (Å²) in [6.07, 6.45) is 0. The van der Waals surface area contributed by atoms with Gasteiger partial charge in [0.15, 0.2) is 0 Å². The molecule has 4 heteroatoms. The van der Waals surface area contributed by atoms with Gasteiger partial charge in [-0.25, -0.2) is 0 Å². The van der Waals surface area contributed by atoms with Gasteiger partial charge in [0.05, 0.1) is 0 Å². The van der Waals surface area contributed by atoms with Crippen molar-refractivity contribution in [3.05, 3.63) is 34.3 Å². The summed E-state index contributed by atoms with van der Waals surface area (Å²) in [6, 6.07) is 5.62. The molecule has 2 rings (SSSR count). The molecule has 0 atom stereocenters. The fourth-order valence-corrected chi connectivity index (χ4v) is 1.80. The zero-order valence-corrected chi connectivity index (χ0v) is 8.27. The molecule has 0 radical (unpaired) electrons. The Morgan fingerprint density at radius 2 is 2.00 bits per heavy atom. The molecule has 1 heterocycles. The van der Waals surface area contributed by atoms with Crippen molar-refractivity contribution >= 4 is 28.6 Å². The highest BCUT2D eigenvalue weighted by Gasteiger charge is 2.21. The van der Waals surface area contributed by atoms with Crippen molar-refractivity contribution in [2.45, 2.75) is 13.1 Å². The van der Waals surface area contributed by atoms with E-state index in [0.717, 1.165) is 11.1 Å². The Bertz CT molecular complexity index is 365. The third-order valence-electron chi connectivity index (χ3n) is 2.14. The van der Waals surface area contributed by atoms with Crippen LogP contribution < -0.4 is 0 Å². The summed E-state index contributed by atoms with van der Waals surface area (Å²) in [5.74, 6) is 0. The van der Waals surface area contributed by atoms with Crippen LogP contribution in [-0.4, -0.2) is 10.3 Å². The third-order valence-corrected chi connectivity index (χ3v) is 2.61. The highest BCUT2D eigenvalue weighted by molar-refractivity contribution is 6.62. The van der Waals surface area contributed by atoms with Crippen LogP contribution in [0.4, 0.5) is 4.79 Å². The molecule has 0 aromatic heterocycles. The molecule has 68 valence electrons. The molecule has 1 aliphatic rings. The topological polar surface area (TPSA) is 20.3 Å². The summed E-state index contributed by atoms with van der Waals surface area (Å²) in [6.45, 7) is 1.16. The number of carbonyl (C=O) groups is 1. The molecule has 0 spiro atoms. The van der Waals surface area contributed by atoms with Crippen LogP contribution >= 0.6 is 23.2 Å². The van der Waals surface area contributed by atoms with Crippen molar-refractivity contribution in [3.8, 4) is 0 Å². The normalized spacial score (nSPS) is 14.5. The second-order valence-electron chi connectivity index (χ2n) is 3.02. The van der Waals surface area contributed by atoms with Gasteiger partial charge in [-0.15, -0.1) is 0 Å². The molecule has 0 saturated heterocycles. The second kappa shape index (κ2) is 3.20. The number of carbonyl (C=O) groups excluding carboxylic acids is 1. The van der Waals surface area contributed by atoms with E-state index in [9.17, 15) is 4.79 Å². The van der Waals surface area contributed by atoms with Gasteiger partial charge in [0.2, 0.25) is 0 Å². The summed E-state index contributed by atoms with van der Waals surface area (Å²) in [5.41, 5.74) is 2.21. The molecule has 1 aromatic rings. The minimum atomic E-state index is -0.410. The van der Waals surface area contributed by atoms with Gasteiger partial charge < -0.3 is 4.90 Å². The van der Waals surface area contributed by atoms with Crippen LogP contribution in [0.3, 0.4) is 0 Å². The predicted molar refractivity (Wildman–Crippen MR) is 51.9 cm³/mol. The number of benzene rings is 1. The van der Waals surface area contributed by atoms with E-state index in [0.29, 0.717) is 18.1 Å². The van der Waals surface area contributed by atoms with Crippen molar-refractivity contribution in [1.82, 2.24) is 4.90 Å². The lowest BCUT2D eigenvalue weighted by molar-refractivity contribution is 0.223. The van der Waals surface area contributed by atoms with E-state index in [4.69, 9.17) is 23.2 Å². The molecule has 1 aromatic carbocycles. The summed E-state index contributed by atoms with van der Waals surface area (Å²) < 4.78 is 0. The third kappa shape index (κ3) is 1.64. The standard InChI is InChI=1S/C9H7Cl2NO/c10-8-2-1-6-4-12(9(11)13)5-7(6)3-8/h1-3H,4-5H2. The van der Waals surface area contributed by atoms with Crippen LogP contribution in [0.1, 0.15) is 11.1 Å². The lowest BCUT2D eigenvalue weighted by Gasteiger charge is -2.08. The van der Waals surface area contributed by atoms with Gasteiger partial charge in [0, 0.05) is 18.1 Å². The predicted octanol–water partition coefficient (Wildman–Crippen LogP) is 3.01. The van der Waals surface area contributed by atoms with Crippen molar-refractivity contribution in [2.75, 3.05) is 0 Å². The highest BCUT2D eigenvalue weighted by Crippen LogP contribution is 2.26. The van der Waals surface area contributed by atoms with Crippen LogP contribution in [0.5, 0.6) is 0 Å². The lowest BCUT2D eigenvalue weighted by atomic mass is 10.1. The SMILES string of the molecule is O=C(Cl)N1Cc2ccc(Cl)cc2C1. The van der Waals surface area contributed by atoms with Crippen LogP contribution in [-0.2, 0) is 13.1 Å². The van der Waals surface area contributed by atoms with Crippen molar-refractivity contribution in [1.29, 1.82) is 0 Å². The number of nitrogens with zero attached hydrogens (tertiary/aromatic N) is 1. The Hall–Kier alpha value is -0.730. The fraction of sp³-hybridized carbons (Fsp3) is 0.222. The summed E-state index contributed by atoms with van der Waals surface area (Å²) in [4.78, 5) is 12.4. The average Bonchev–Trinajstić information content (AvgIpc) is 2.46. The molecule has 0 bridgehead atoms. The Labute approximate surface area is 86.0 Å². The van der Waals surface area contributed by atoms with Gasteiger partial charge in [-0.3, -0.25) is 4.79 Å². The molecule has 0 unspecified atom stereocenters.